The van der Waals surface area contributed by atoms with Gasteiger partial charge < -0.3 is 20.1 Å². The van der Waals surface area contributed by atoms with E-state index in [9.17, 15) is 4.79 Å². The zero-order chi connectivity index (χ0) is 19.5. The van der Waals surface area contributed by atoms with Gasteiger partial charge in [0.05, 0.1) is 0 Å². The fraction of sp³-hybridized carbons (Fsp3) is 0.200. The van der Waals surface area contributed by atoms with Gasteiger partial charge in [-0.1, -0.05) is 23.4 Å². The normalized spacial score (nSPS) is 10.9. The molecule has 0 radical (unpaired) electrons. The monoisotopic (exact) mass is 376 g/mol. The molecule has 28 heavy (non-hydrogen) atoms. The van der Waals surface area contributed by atoms with Gasteiger partial charge in [-0.2, -0.15) is 0 Å². The van der Waals surface area contributed by atoms with Gasteiger partial charge in [0.15, 0.2) is 5.82 Å². The predicted molar refractivity (Wildman–Crippen MR) is 106 cm³/mol. The Bertz CT molecular complexity index is 1130. The number of fused-ring (bicyclic) bond motifs is 1. The number of anilines is 2. The van der Waals surface area contributed by atoms with E-state index in [2.05, 4.69) is 42.9 Å². The molecular weight excluding hydrogens is 356 g/mol. The largest absolute Gasteiger partial charge is 0.370 e. The van der Waals surface area contributed by atoms with Crippen molar-refractivity contribution in [3.8, 4) is 0 Å². The Hall–Kier alpha value is -3.68. The molecule has 0 spiro atoms. The van der Waals surface area contributed by atoms with Crippen molar-refractivity contribution in [3.05, 3.63) is 65.4 Å². The average Bonchev–Trinajstić information content (AvgIpc) is 3.27. The number of para-hydroxylation sites is 1. The van der Waals surface area contributed by atoms with Crippen molar-refractivity contribution < 1.29 is 9.32 Å². The second kappa shape index (κ2) is 7.51. The number of carbonyl (C=O) groups excluding carboxylic acids is 1. The molecule has 3 N–H and O–H groups in total. The van der Waals surface area contributed by atoms with Gasteiger partial charge in [-0.15, -0.1) is 0 Å². The number of aromatic amines is 1. The molecule has 0 aliphatic heterocycles. The number of amides is 1. The number of benzene rings is 1. The van der Waals surface area contributed by atoms with Gasteiger partial charge >= 0.3 is 0 Å². The third kappa shape index (κ3) is 3.85. The molecule has 8 heteroatoms. The van der Waals surface area contributed by atoms with Crippen LogP contribution >= 0.6 is 0 Å². The highest BCUT2D eigenvalue weighted by Gasteiger charge is 2.13. The van der Waals surface area contributed by atoms with Crippen LogP contribution in [0.1, 0.15) is 27.6 Å². The number of hydrogen-bond donors (Lipinski definition) is 3. The molecule has 3 aromatic heterocycles. The van der Waals surface area contributed by atoms with Gasteiger partial charge in [0.2, 0.25) is 0 Å². The molecule has 0 atom stereocenters. The lowest BCUT2D eigenvalue weighted by atomic mass is 10.1. The molecule has 4 aromatic rings. The van der Waals surface area contributed by atoms with Crippen molar-refractivity contribution in [2.24, 2.45) is 0 Å². The molecule has 0 aliphatic carbocycles. The van der Waals surface area contributed by atoms with E-state index in [0.29, 0.717) is 29.8 Å². The van der Waals surface area contributed by atoms with Gasteiger partial charge in [-0.3, -0.25) is 4.79 Å². The molecule has 0 bridgehead atoms. The topological polar surface area (TPSA) is 109 Å². The Morgan fingerprint density at radius 2 is 2.00 bits per heavy atom. The van der Waals surface area contributed by atoms with Gasteiger partial charge in [-0.05, 0) is 31.9 Å². The van der Waals surface area contributed by atoms with Gasteiger partial charge in [-0.25, -0.2) is 9.97 Å². The van der Waals surface area contributed by atoms with E-state index in [1.807, 2.05) is 18.3 Å². The molecule has 8 nitrogen and oxygen atoms in total. The highest BCUT2D eigenvalue weighted by Crippen LogP contribution is 2.18. The molecule has 142 valence electrons. The zero-order valence-corrected chi connectivity index (χ0v) is 15.6. The summed E-state index contributed by atoms with van der Waals surface area (Å²) in [7, 11) is 0. The maximum atomic E-state index is 12.4. The molecular formula is C20H20N6O2. The maximum absolute atomic E-state index is 12.4. The lowest BCUT2D eigenvalue weighted by molar-refractivity contribution is 0.102. The highest BCUT2D eigenvalue weighted by atomic mass is 16.5. The lowest BCUT2D eigenvalue weighted by Crippen LogP contribution is -2.16. The molecule has 3 heterocycles. The van der Waals surface area contributed by atoms with E-state index in [1.54, 1.807) is 26.0 Å². The minimum absolute atomic E-state index is 0.266. The Labute approximate surface area is 161 Å². The molecule has 0 aliphatic rings. The van der Waals surface area contributed by atoms with Crippen molar-refractivity contribution in [1.29, 1.82) is 0 Å². The summed E-state index contributed by atoms with van der Waals surface area (Å²) in [5.41, 5.74) is 2.62. The minimum Gasteiger partial charge on any atom is -0.370 e. The minimum atomic E-state index is -0.363. The molecule has 0 unspecified atom stereocenters. The SMILES string of the molecule is Cc1nc(NCCc2c[nH]c3ccccc23)cc(C(=O)Nc2cc(C)on2)n1. The molecule has 4 rings (SSSR count). The number of hydrogen-bond acceptors (Lipinski definition) is 6. The quantitative estimate of drug-likeness (QED) is 0.475. The van der Waals surface area contributed by atoms with Gasteiger partial charge in [0.1, 0.15) is 23.1 Å². The standard InChI is InChI=1S/C20H20N6O2/c1-12-9-19(26-28-12)25-20(27)17-10-18(24-13(2)23-17)21-8-7-14-11-22-16-6-4-3-5-15(14)16/h3-6,9-11,22H,7-8H2,1-2H3,(H,21,23,24)(H,25,26,27). The average molecular weight is 376 g/mol. The van der Waals surface area contributed by atoms with Crippen LogP contribution in [0, 0.1) is 13.8 Å². The van der Waals surface area contributed by atoms with E-state index in [-0.39, 0.29) is 11.6 Å². The fourth-order valence-electron chi connectivity index (χ4n) is 3.04. The molecule has 0 fully saturated rings. The van der Waals surface area contributed by atoms with Crippen LogP contribution in [0.15, 0.2) is 47.1 Å². The molecule has 1 amide bonds. The van der Waals surface area contributed by atoms with E-state index in [1.165, 1.54) is 10.9 Å². The summed E-state index contributed by atoms with van der Waals surface area (Å²) in [6, 6.07) is 11.5. The summed E-state index contributed by atoms with van der Waals surface area (Å²) < 4.78 is 4.96. The summed E-state index contributed by atoms with van der Waals surface area (Å²) in [6.45, 7) is 4.19. The third-order valence-electron chi connectivity index (χ3n) is 4.32. The van der Waals surface area contributed by atoms with Crippen LogP contribution in [0.2, 0.25) is 0 Å². The summed E-state index contributed by atoms with van der Waals surface area (Å²) in [4.78, 5) is 24.3. The molecule has 1 aromatic carbocycles. The third-order valence-corrected chi connectivity index (χ3v) is 4.32. The van der Waals surface area contributed by atoms with Crippen LogP contribution in [0.5, 0.6) is 0 Å². The lowest BCUT2D eigenvalue weighted by Gasteiger charge is -2.08. The van der Waals surface area contributed by atoms with Gasteiger partial charge in [0.25, 0.3) is 5.91 Å². The number of carbonyl (C=O) groups is 1. The second-order valence-electron chi connectivity index (χ2n) is 6.50. The van der Waals surface area contributed by atoms with Crippen LogP contribution < -0.4 is 10.6 Å². The fourth-order valence-corrected chi connectivity index (χ4v) is 3.04. The van der Waals surface area contributed by atoms with Crippen LogP contribution in [0.4, 0.5) is 11.6 Å². The predicted octanol–water partition coefficient (Wildman–Crippen LogP) is 3.47. The first-order valence-electron chi connectivity index (χ1n) is 8.98. The summed E-state index contributed by atoms with van der Waals surface area (Å²) in [5.74, 6) is 1.73. The Morgan fingerprint density at radius 1 is 1.14 bits per heavy atom. The van der Waals surface area contributed by atoms with Crippen LogP contribution in [0.3, 0.4) is 0 Å². The first kappa shape index (κ1) is 17.7. The van der Waals surface area contributed by atoms with E-state index < -0.39 is 0 Å². The van der Waals surface area contributed by atoms with E-state index in [0.717, 1.165) is 11.9 Å². The Balaban J connectivity index is 1.42. The maximum Gasteiger partial charge on any atom is 0.275 e. The van der Waals surface area contributed by atoms with E-state index >= 15 is 0 Å². The van der Waals surface area contributed by atoms with Crippen molar-refractivity contribution in [2.45, 2.75) is 20.3 Å². The van der Waals surface area contributed by atoms with Crippen LogP contribution in [-0.2, 0) is 6.42 Å². The first-order chi connectivity index (χ1) is 13.6. The molecule has 0 saturated carbocycles. The van der Waals surface area contributed by atoms with Crippen molar-refractivity contribution in [1.82, 2.24) is 20.1 Å². The number of aromatic nitrogens is 4. The number of nitrogens with zero attached hydrogens (tertiary/aromatic N) is 3. The Kier molecular flexibility index (Phi) is 4.76. The van der Waals surface area contributed by atoms with Crippen molar-refractivity contribution in [2.75, 3.05) is 17.2 Å². The summed E-state index contributed by atoms with van der Waals surface area (Å²) in [6.07, 6.45) is 2.85. The summed E-state index contributed by atoms with van der Waals surface area (Å²) in [5, 5.41) is 10.9. The van der Waals surface area contributed by atoms with Crippen molar-refractivity contribution in [3.63, 3.8) is 0 Å². The van der Waals surface area contributed by atoms with Crippen molar-refractivity contribution >= 4 is 28.4 Å². The smallest absolute Gasteiger partial charge is 0.275 e. The van der Waals surface area contributed by atoms with Crippen LogP contribution in [0.25, 0.3) is 10.9 Å². The number of H-pyrrole nitrogens is 1. The summed E-state index contributed by atoms with van der Waals surface area (Å²) >= 11 is 0. The first-order valence-corrected chi connectivity index (χ1v) is 8.98. The zero-order valence-electron chi connectivity index (χ0n) is 15.6. The highest BCUT2D eigenvalue weighted by molar-refractivity contribution is 6.02. The second-order valence-corrected chi connectivity index (χ2v) is 6.50. The number of aryl methyl sites for hydroxylation is 2. The van der Waals surface area contributed by atoms with Crippen LogP contribution in [-0.4, -0.2) is 32.6 Å². The Morgan fingerprint density at radius 3 is 2.82 bits per heavy atom. The molecule has 0 saturated heterocycles. The number of rotatable bonds is 6. The number of nitrogens with one attached hydrogen (secondary N) is 3. The van der Waals surface area contributed by atoms with E-state index in [4.69, 9.17) is 4.52 Å². The van der Waals surface area contributed by atoms with Gasteiger partial charge in [0, 0.05) is 35.8 Å².